The minimum Gasteiger partial charge on any atom is -0.478 e. The summed E-state index contributed by atoms with van der Waals surface area (Å²) in [5, 5.41) is 11.5. The van der Waals surface area contributed by atoms with Crippen LogP contribution in [0.25, 0.3) is 0 Å². The van der Waals surface area contributed by atoms with Gasteiger partial charge in [0.25, 0.3) is 5.56 Å². The minimum absolute atomic E-state index is 0.104. The van der Waals surface area contributed by atoms with Gasteiger partial charge >= 0.3 is 5.97 Å². The van der Waals surface area contributed by atoms with Crippen LogP contribution >= 0.6 is 0 Å². The molecular formula is C15H14N2O4. The third-order valence-electron chi connectivity index (χ3n) is 2.87. The molecule has 1 aromatic carbocycles. The number of aromatic nitrogens is 1. The largest absolute Gasteiger partial charge is 0.478 e. The zero-order valence-electron chi connectivity index (χ0n) is 11.2. The lowest BCUT2D eigenvalue weighted by molar-refractivity contribution is -0.116. The van der Waals surface area contributed by atoms with Gasteiger partial charge in [0.05, 0.1) is 5.56 Å². The number of benzene rings is 1. The number of carbonyl (C=O) groups is 2. The molecule has 0 atom stereocenters. The van der Waals surface area contributed by atoms with Crippen molar-refractivity contribution in [3.05, 3.63) is 64.6 Å². The van der Waals surface area contributed by atoms with Crippen molar-refractivity contribution in [2.45, 2.75) is 13.0 Å². The predicted octanol–water partition coefficient (Wildman–Crippen LogP) is 1.58. The summed E-state index contributed by atoms with van der Waals surface area (Å²) >= 11 is 0. The minimum atomic E-state index is -1.05. The third-order valence-corrected chi connectivity index (χ3v) is 2.87. The molecule has 1 aromatic heterocycles. The van der Waals surface area contributed by atoms with E-state index in [1.807, 2.05) is 0 Å². The van der Waals surface area contributed by atoms with Gasteiger partial charge in [0, 0.05) is 30.9 Å². The fourth-order valence-electron chi connectivity index (χ4n) is 1.82. The Labute approximate surface area is 120 Å². The van der Waals surface area contributed by atoms with Crippen molar-refractivity contribution in [2.24, 2.45) is 0 Å². The Bertz CT molecular complexity index is 721. The molecule has 108 valence electrons. The topological polar surface area (TPSA) is 88.4 Å². The standard InChI is InChI=1S/C15H14N2O4/c18-13(7-9-17-8-2-1-6-14(17)19)16-12-5-3-4-11(10-12)15(20)21/h1-6,8,10H,7,9H2,(H,16,18)(H,20,21). The number of carbonyl (C=O) groups excluding carboxylic acids is 1. The average Bonchev–Trinajstić information content (AvgIpc) is 2.46. The molecule has 6 heteroatoms. The molecule has 0 aliphatic rings. The second-order valence-electron chi connectivity index (χ2n) is 4.42. The number of hydrogen-bond donors (Lipinski definition) is 2. The fourth-order valence-corrected chi connectivity index (χ4v) is 1.82. The maximum absolute atomic E-state index is 11.8. The van der Waals surface area contributed by atoms with E-state index in [-0.39, 0.29) is 30.0 Å². The lowest BCUT2D eigenvalue weighted by Gasteiger charge is -2.07. The van der Waals surface area contributed by atoms with Gasteiger partial charge in [-0.3, -0.25) is 9.59 Å². The van der Waals surface area contributed by atoms with Gasteiger partial charge in [-0.1, -0.05) is 12.1 Å². The van der Waals surface area contributed by atoms with Crippen molar-refractivity contribution in [2.75, 3.05) is 5.32 Å². The van der Waals surface area contributed by atoms with E-state index in [0.29, 0.717) is 5.69 Å². The maximum Gasteiger partial charge on any atom is 0.335 e. The Kier molecular flexibility index (Phi) is 4.50. The molecule has 0 fully saturated rings. The van der Waals surface area contributed by atoms with E-state index in [1.165, 1.54) is 22.8 Å². The molecule has 0 spiro atoms. The first-order valence-electron chi connectivity index (χ1n) is 6.35. The number of nitrogens with one attached hydrogen (secondary N) is 1. The second kappa shape index (κ2) is 6.51. The SMILES string of the molecule is O=C(CCn1ccccc1=O)Nc1cccc(C(=O)O)c1. The first kappa shape index (κ1) is 14.5. The number of aromatic carboxylic acids is 1. The van der Waals surface area contributed by atoms with Crippen LogP contribution in [0.2, 0.25) is 0 Å². The van der Waals surface area contributed by atoms with Gasteiger partial charge in [0.2, 0.25) is 5.91 Å². The highest BCUT2D eigenvalue weighted by atomic mass is 16.4. The average molecular weight is 286 g/mol. The highest BCUT2D eigenvalue weighted by molar-refractivity contribution is 5.93. The molecule has 2 N–H and O–H groups in total. The van der Waals surface area contributed by atoms with Gasteiger partial charge in [0.15, 0.2) is 0 Å². The number of anilines is 1. The summed E-state index contributed by atoms with van der Waals surface area (Å²) in [4.78, 5) is 34.1. The number of hydrogen-bond acceptors (Lipinski definition) is 3. The Hall–Kier alpha value is -2.89. The number of pyridine rings is 1. The summed E-state index contributed by atoms with van der Waals surface area (Å²) in [6, 6.07) is 10.8. The highest BCUT2D eigenvalue weighted by Gasteiger charge is 2.06. The zero-order chi connectivity index (χ0) is 15.2. The van der Waals surface area contributed by atoms with Crippen molar-refractivity contribution in [3.8, 4) is 0 Å². The van der Waals surface area contributed by atoms with Crippen LogP contribution in [0.1, 0.15) is 16.8 Å². The van der Waals surface area contributed by atoms with Crippen LogP contribution < -0.4 is 10.9 Å². The van der Waals surface area contributed by atoms with Gasteiger partial charge < -0.3 is 15.0 Å². The Morgan fingerprint density at radius 2 is 1.95 bits per heavy atom. The van der Waals surface area contributed by atoms with Crippen LogP contribution in [0.15, 0.2) is 53.5 Å². The molecule has 1 amide bonds. The Morgan fingerprint density at radius 1 is 1.14 bits per heavy atom. The number of carboxylic acid groups (broad SMARTS) is 1. The van der Waals surface area contributed by atoms with E-state index in [2.05, 4.69) is 5.32 Å². The van der Waals surface area contributed by atoms with Crippen molar-refractivity contribution >= 4 is 17.6 Å². The molecule has 0 bridgehead atoms. The number of nitrogens with zero attached hydrogens (tertiary/aromatic N) is 1. The normalized spacial score (nSPS) is 10.1. The lowest BCUT2D eigenvalue weighted by atomic mass is 10.2. The van der Waals surface area contributed by atoms with Gasteiger partial charge in [-0.25, -0.2) is 4.79 Å². The Balaban J connectivity index is 1.96. The Morgan fingerprint density at radius 3 is 2.67 bits per heavy atom. The molecular weight excluding hydrogens is 272 g/mol. The monoisotopic (exact) mass is 286 g/mol. The summed E-state index contributed by atoms with van der Waals surface area (Å²) in [6.45, 7) is 0.268. The van der Waals surface area contributed by atoms with Crippen LogP contribution in [0.5, 0.6) is 0 Å². The third kappa shape index (κ3) is 4.04. The second-order valence-corrected chi connectivity index (χ2v) is 4.42. The number of amides is 1. The first-order valence-corrected chi connectivity index (χ1v) is 6.35. The molecule has 2 aromatic rings. The molecule has 1 heterocycles. The number of carboxylic acids is 1. The van der Waals surface area contributed by atoms with Crippen LogP contribution in [-0.2, 0) is 11.3 Å². The molecule has 0 unspecified atom stereocenters. The van der Waals surface area contributed by atoms with E-state index in [0.717, 1.165) is 0 Å². The molecule has 0 saturated heterocycles. The summed E-state index contributed by atoms with van der Waals surface area (Å²) < 4.78 is 1.44. The van der Waals surface area contributed by atoms with Crippen molar-refractivity contribution in [1.29, 1.82) is 0 Å². The molecule has 2 rings (SSSR count). The summed E-state index contributed by atoms with van der Waals surface area (Å²) in [6.07, 6.45) is 1.74. The van der Waals surface area contributed by atoms with Crippen molar-refractivity contribution in [3.63, 3.8) is 0 Å². The first-order chi connectivity index (χ1) is 10.1. The molecule has 0 radical (unpaired) electrons. The number of rotatable bonds is 5. The van der Waals surface area contributed by atoms with Crippen LogP contribution in [0.4, 0.5) is 5.69 Å². The van der Waals surface area contributed by atoms with E-state index in [4.69, 9.17) is 5.11 Å². The molecule has 0 aliphatic heterocycles. The molecule has 6 nitrogen and oxygen atoms in total. The van der Waals surface area contributed by atoms with Crippen molar-refractivity contribution < 1.29 is 14.7 Å². The predicted molar refractivity (Wildman–Crippen MR) is 77.4 cm³/mol. The number of aryl methyl sites for hydroxylation is 1. The van der Waals surface area contributed by atoms with Gasteiger partial charge in [-0.05, 0) is 24.3 Å². The quantitative estimate of drug-likeness (QED) is 0.873. The van der Waals surface area contributed by atoms with Gasteiger partial charge in [-0.2, -0.15) is 0 Å². The van der Waals surface area contributed by atoms with Crippen LogP contribution in [0, 0.1) is 0 Å². The van der Waals surface area contributed by atoms with E-state index in [9.17, 15) is 14.4 Å². The van der Waals surface area contributed by atoms with E-state index < -0.39 is 5.97 Å². The van der Waals surface area contributed by atoms with Crippen LogP contribution in [-0.4, -0.2) is 21.6 Å². The van der Waals surface area contributed by atoms with Gasteiger partial charge in [0.1, 0.15) is 0 Å². The van der Waals surface area contributed by atoms with Crippen molar-refractivity contribution in [1.82, 2.24) is 4.57 Å². The van der Waals surface area contributed by atoms with E-state index in [1.54, 1.807) is 30.5 Å². The smallest absolute Gasteiger partial charge is 0.335 e. The maximum atomic E-state index is 11.8. The molecule has 0 aliphatic carbocycles. The van der Waals surface area contributed by atoms with E-state index >= 15 is 0 Å². The summed E-state index contributed by atoms with van der Waals surface area (Å²) in [5.41, 5.74) is 0.352. The fraction of sp³-hybridized carbons (Fsp3) is 0.133. The zero-order valence-corrected chi connectivity index (χ0v) is 11.2. The summed E-state index contributed by atoms with van der Waals surface area (Å²) in [5.74, 6) is -1.34. The lowest BCUT2D eigenvalue weighted by Crippen LogP contribution is -2.21. The van der Waals surface area contributed by atoms with Crippen LogP contribution in [0.3, 0.4) is 0 Å². The van der Waals surface area contributed by atoms with Gasteiger partial charge in [-0.15, -0.1) is 0 Å². The highest BCUT2D eigenvalue weighted by Crippen LogP contribution is 2.11. The molecule has 0 saturated carbocycles. The molecule has 21 heavy (non-hydrogen) atoms. The summed E-state index contributed by atoms with van der Waals surface area (Å²) in [7, 11) is 0.